The van der Waals surface area contributed by atoms with Crippen LogP contribution in [0.25, 0.3) is 6.08 Å². The first kappa shape index (κ1) is 18.9. The van der Waals surface area contributed by atoms with Gasteiger partial charge in [0.05, 0.1) is 12.7 Å². The summed E-state index contributed by atoms with van der Waals surface area (Å²) in [5, 5.41) is 8.27. The maximum Gasteiger partial charge on any atom is 0.246 e. The molecule has 148 valence electrons. The minimum atomic E-state index is 0.0199. The van der Waals surface area contributed by atoms with Crippen LogP contribution in [0.5, 0.6) is 0 Å². The van der Waals surface area contributed by atoms with Gasteiger partial charge >= 0.3 is 0 Å². The van der Waals surface area contributed by atoms with Crippen LogP contribution in [-0.4, -0.2) is 52.0 Å². The fraction of sp³-hybridized carbons (Fsp3) is 0.261. The zero-order chi connectivity index (χ0) is 20.1. The lowest BCUT2D eigenvalue weighted by atomic mass is 10.2. The summed E-state index contributed by atoms with van der Waals surface area (Å²) in [7, 11) is 0. The van der Waals surface area contributed by atoms with E-state index in [2.05, 4.69) is 58.5 Å². The summed E-state index contributed by atoms with van der Waals surface area (Å²) in [6, 6.07) is 18.6. The van der Waals surface area contributed by atoms with E-state index in [0.717, 1.165) is 31.7 Å². The largest absolute Gasteiger partial charge is 0.368 e. The van der Waals surface area contributed by atoms with Crippen LogP contribution in [0.15, 0.2) is 66.9 Å². The predicted octanol–water partition coefficient (Wildman–Crippen LogP) is 3.00. The molecule has 2 heterocycles. The van der Waals surface area contributed by atoms with Crippen molar-refractivity contribution in [1.82, 2.24) is 19.9 Å². The Balaban J connectivity index is 1.30. The number of anilines is 1. The second-order valence-corrected chi connectivity index (χ2v) is 7.31. The molecule has 0 aliphatic carbocycles. The molecule has 6 heteroatoms. The lowest BCUT2D eigenvalue weighted by molar-refractivity contribution is -0.126. The van der Waals surface area contributed by atoms with Gasteiger partial charge in [0, 0.05) is 37.9 Å². The van der Waals surface area contributed by atoms with Crippen molar-refractivity contribution in [2.75, 3.05) is 31.1 Å². The van der Waals surface area contributed by atoms with E-state index in [9.17, 15) is 4.79 Å². The number of carbonyl (C=O) groups is 1. The SMILES string of the molecule is Cc1cccc(N2CCN(C(=O)/C=C/c3cn(Cc4ccccc4)nn3)CC2)c1. The van der Waals surface area contributed by atoms with E-state index in [4.69, 9.17) is 0 Å². The van der Waals surface area contributed by atoms with Gasteiger partial charge in [-0.3, -0.25) is 4.79 Å². The van der Waals surface area contributed by atoms with Gasteiger partial charge in [0.2, 0.25) is 5.91 Å². The van der Waals surface area contributed by atoms with E-state index in [-0.39, 0.29) is 5.91 Å². The Labute approximate surface area is 171 Å². The van der Waals surface area contributed by atoms with Gasteiger partial charge in [-0.05, 0) is 36.3 Å². The Kier molecular flexibility index (Phi) is 5.70. The van der Waals surface area contributed by atoms with Crippen molar-refractivity contribution in [2.24, 2.45) is 0 Å². The third-order valence-electron chi connectivity index (χ3n) is 5.10. The molecule has 0 atom stereocenters. The number of piperazine rings is 1. The molecule has 0 spiro atoms. The van der Waals surface area contributed by atoms with Gasteiger partial charge in [-0.1, -0.05) is 47.7 Å². The smallest absolute Gasteiger partial charge is 0.246 e. The molecule has 1 aliphatic heterocycles. The highest BCUT2D eigenvalue weighted by Crippen LogP contribution is 2.18. The standard InChI is InChI=1S/C23H25N5O/c1-19-6-5-9-22(16-19)26-12-14-27(15-13-26)23(29)11-10-21-18-28(25-24-21)17-20-7-3-2-4-8-20/h2-11,16,18H,12-15,17H2,1H3/b11-10+. The van der Waals surface area contributed by atoms with E-state index in [1.807, 2.05) is 29.3 Å². The summed E-state index contributed by atoms with van der Waals surface area (Å²) in [5.74, 6) is 0.0199. The average molecular weight is 387 g/mol. The molecule has 1 fully saturated rings. The van der Waals surface area contributed by atoms with E-state index >= 15 is 0 Å². The molecule has 0 unspecified atom stereocenters. The van der Waals surface area contributed by atoms with Crippen molar-refractivity contribution in [3.8, 4) is 0 Å². The van der Waals surface area contributed by atoms with Crippen molar-refractivity contribution in [3.63, 3.8) is 0 Å². The maximum atomic E-state index is 12.5. The molecule has 1 amide bonds. The number of aryl methyl sites for hydroxylation is 1. The fourth-order valence-electron chi connectivity index (χ4n) is 3.51. The first-order valence-corrected chi connectivity index (χ1v) is 9.90. The number of nitrogens with zero attached hydrogens (tertiary/aromatic N) is 5. The minimum absolute atomic E-state index is 0.0199. The Morgan fingerprint density at radius 2 is 1.83 bits per heavy atom. The van der Waals surface area contributed by atoms with Crippen LogP contribution in [0.4, 0.5) is 5.69 Å². The molecule has 1 saturated heterocycles. The fourth-order valence-corrected chi connectivity index (χ4v) is 3.51. The highest BCUT2D eigenvalue weighted by Gasteiger charge is 2.19. The molecule has 0 radical (unpaired) electrons. The summed E-state index contributed by atoms with van der Waals surface area (Å²) in [6.07, 6.45) is 5.19. The Morgan fingerprint density at radius 3 is 2.59 bits per heavy atom. The monoisotopic (exact) mass is 387 g/mol. The third-order valence-corrected chi connectivity index (χ3v) is 5.10. The molecule has 4 rings (SSSR count). The number of hydrogen-bond acceptors (Lipinski definition) is 4. The van der Waals surface area contributed by atoms with E-state index in [0.29, 0.717) is 12.2 Å². The molecule has 0 N–H and O–H groups in total. The number of rotatable bonds is 5. The molecule has 0 bridgehead atoms. The van der Waals surface area contributed by atoms with Gasteiger partial charge in [0.15, 0.2) is 0 Å². The molecule has 6 nitrogen and oxygen atoms in total. The van der Waals surface area contributed by atoms with Gasteiger partial charge in [0.25, 0.3) is 0 Å². The van der Waals surface area contributed by atoms with Crippen molar-refractivity contribution >= 4 is 17.7 Å². The maximum absolute atomic E-state index is 12.5. The highest BCUT2D eigenvalue weighted by molar-refractivity contribution is 5.91. The number of aromatic nitrogens is 3. The van der Waals surface area contributed by atoms with Crippen molar-refractivity contribution in [2.45, 2.75) is 13.5 Å². The lowest BCUT2D eigenvalue weighted by Crippen LogP contribution is -2.48. The van der Waals surface area contributed by atoms with E-state index in [1.165, 1.54) is 11.3 Å². The second kappa shape index (κ2) is 8.73. The molecular weight excluding hydrogens is 362 g/mol. The zero-order valence-corrected chi connectivity index (χ0v) is 16.6. The normalized spacial score (nSPS) is 14.5. The Morgan fingerprint density at radius 1 is 1.03 bits per heavy atom. The minimum Gasteiger partial charge on any atom is -0.368 e. The topological polar surface area (TPSA) is 54.3 Å². The third kappa shape index (κ3) is 4.90. The van der Waals surface area contributed by atoms with Crippen LogP contribution in [0.1, 0.15) is 16.8 Å². The Hall–Kier alpha value is -3.41. The van der Waals surface area contributed by atoms with Gasteiger partial charge in [-0.25, -0.2) is 4.68 Å². The highest BCUT2D eigenvalue weighted by atomic mass is 16.2. The summed E-state index contributed by atoms with van der Waals surface area (Å²) in [4.78, 5) is 16.7. The van der Waals surface area contributed by atoms with E-state index < -0.39 is 0 Å². The van der Waals surface area contributed by atoms with Gasteiger partial charge in [-0.2, -0.15) is 0 Å². The zero-order valence-electron chi connectivity index (χ0n) is 16.6. The van der Waals surface area contributed by atoms with Crippen molar-refractivity contribution in [3.05, 3.63) is 83.7 Å². The van der Waals surface area contributed by atoms with Crippen LogP contribution in [-0.2, 0) is 11.3 Å². The van der Waals surface area contributed by atoms with Crippen molar-refractivity contribution in [1.29, 1.82) is 0 Å². The summed E-state index contributed by atoms with van der Waals surface area (Å²) in [5.41, 5.74) is 4.33. The summed E-state index contributed by atoms with van der Waals surface area (Å²) >= 11 is 0. The molecule has 2 aromatic carbocycles. The lowest BCUT2D eigenvalue weighted by Gasteiger charge is -2.35. The second-order valence-electron chi connectivity index (χ2n) is 7.31. The molecule has 3 aromatic rings. The first-order valence-electron chi connectivity index (χ1n) is 9.90. The number of benzene rings is 2. The van der Waals surface area contributed by atoms with Crippen LogP contribution in [0, 0.1) is 6.92 Å². The van der Waals surface area contributed by atoms with E-state index in [1.54, 1.807) is 16.8 Å². The van der Waals surface area contributed by atoms with Gasteiger partial charge < -0.3 is 9.80 Å². The summed E-state index contributed by atoms with van der Waals surface area (Å²) < 4.78 is 1.78. The number of amides is 1. The molecule has 1 aliphatic rings. The average Bonchev–Trinajstić information content (AvgIpc) is 3.20. The van der Waals surface area contributed by atoms with Gasteiger partial charge in [-0.15, -0.1) is 5.10 Å². The van der Waals surface area contributed by atoms with Gasteiger partial charge in [0.1, 0.15) is 5.69 Å². The predicted molar refractivity (Wildman–Crippen MR) is 115 cm³/mol. The van der Waals surface area contributed by atoms with Crippen LogP contribution in [0.2, 0.25) is 0 Å². The quantitative estimate of drug-likeness (QED) is 0.632. The van der Waals surface area contributed by atoms with Crippen LogP contribution < -0.4 is 4.90 Å². The molecule has 1 aromatic heterocycles. The number of hydrogen-bond donors (Lipinski definition) is 0. The molecule has 29 heavy (non-hydrogen) atoms. The molecule has 0 saturated carbocycles. The summed E-state index contributed by atoms with van der Waals surface area (Å²) in [6.45, 7) is 5.89. The van der Waals surface area contributed by atoms with Crippen LogP contribution in [0.3, 0.4) is 0 Å². The van der Waals surface area contributed by atoms with Crippen molar-refractivity contribution < 1.29 is 4.79 Å². The first-order chi connectivity index (χ1) is 14.2. The van der Waals surface area contributed by atoms with Crippen LogP contribution >= 0.6 is 0 Å². The Bertz CT molecular complexity index is 987. The number of carbonyl (C=O) groups excluding carboxylic acids is 1. The molecular formula is C23H25N5O.